The molecule has 2 heterocycles. The lowest BCUT2D eigenvalue weighted by molar-refractivity contribution is -0.137. The fraction of sp³-hybridized carbons (Fsp3) is 0.478. The van der Waals surface area contributed by atoms with Crippen LogP contribution >= 0.6 is 0 Å². The van der Waals surface area contributed by atoms with Gasteiger partial charge in [-0.3, -0.25) is 4.79 Å². The fourth-order valence-electron chi connectivity index (χ4n) is 3.57. The largest absolute Gasteiger partial charge is 0.444 e. The molecule has 7 nitrogen and oxygen atoms in total. The molecular weight excluding hydrogens is 439 g/mol. The zero-order valence-electron chi connectivity index (χ0n) is 19.0. The van der Waals surface area contributed by atoms with Crippen molar-refractivity contribution in [1.82, 2.24) is 15.2 Å². The van der Waals surface area contributed by atoms with Gasteiger partial charge in [0, 0.05) is 12.2 Å². The summed E-state index contributed by atoms with van der Waals surface area (Å²) in [5.74, 6) is -0.433. The van der Waals surface area contributed by atoms with Crippen molar-refractivity contribution in [3.63, 3.8) is 0 Å². The second kappa shape index (κ2) is 9.46. The first-order valence-corrected chi connectivity index (χ1v) is 10.6. The average Bonchev–Trinajstić information content (AvgIpc) is 3.09. The highest BCUT2D eigenvalue weighted by Crippen LogP contribution is 2.31. The van der Waals surface area contributed by atoms with Crippen LogP contribution in [-0.4, -0.2) is 28.8 Å². The van der Waals surface area contributed by atoms with E-state index < -0.39 is 35.4 Å². The molecule has 2 amide bonds. The summed E-state index contributed by atoms with van der Waals surface area (Å²) < 4.78 is 51.7. The van der Waals surface area contributed by atoms with E-state index in [1.807, 2.05) is 4.57 Å². The van der Waals surface area contributed by atoms with Crippen LogP contribution in [0.4, 0.5) is 18.0 Å². The maximum absolute atomic E-state index is 13.0. The third-order valence-electron chi connectivity index (χ3n) is 5.11. The zero-order valence-corrected chi connectivity index (χ0v) is 19.0. The van der Waals surface area contributed by atoms with Gasteiger partial charge in [0.15, 0.2) is 0 Å². The van der Waals surface area contributed by atoms with Crippen LogP contribution in [0.5, 0.6) is 0 Å². The van der Waals surface area contributed by atoms with E-state index in [9.17, 15) is 22.8 Å². The summed E-state index contributed by atoms with van der Waals surface area (Å²) >= 11 is 0. The number of alkyl carbamates (subject to hydrolysis) is 1. The smallest absolute Gasteiger partial charge is 0.416 e. The second-order valence-corrected chi connectivity index (χ2v) is 8.87. The Bertz CT molecular complexity index is 1020. The predicted molar refractivity (Wildman–Crippen MR) is 114 cm³/mol. The van der Waals surface area contributed by atoms with E-state index >= 15 is 0 Å². The minimum Gasteiger partial charge on any atom is -0.444 e. The van der Waals surface area contributed by atoms with Crippen molar-refractivity contribution in [2.45, 2.75) is 65.2 Å². The standard InChI is InChI=1S/C23H28F3N3O4/c1-14(15-6-5-7-16(10-15)23(24,25)26)28-20(30)18-11-17(29-8-9-32-13-19(18)29)12-27-21(31)33-22(2,3)4/h5-7,10-11,14H,8-9,12-13H2,1-4H3,(H,27,31)(H,28,30)/t14-/m1/s1. The van der Waals surface area contributed by atoms with Crippen molar-refractivity contribution < 1.29 is 32.2 Å². The van der Waals surface area contributed by atoms with Crippen LogP contribution in [0.25, 0.3) is 0 Å². The third kappa shape index (κ3) is 6.28. The van der Waals surface area contributed by atoms with Crippen LogP contribution in [0.15, 0.2) is 30.3 Å². The number of nitrogens with zero attached hydrogens (tertiary/aromatic N) is 1. The summed E-state index contributed by atoms with van der Waals surface area (Å²) in [6.07, 6.45) is -5.04. The Kier molecular flexibility index (Phi) is 7.06. The summed E-state index contributed by atoms with van der Waals surface area (Å²) in [4.78, 5) is 25.0. The normalized spacial score (nSPS) is 14.9. The number of aromatic nitrogens is 1. The molecule has 1 aliphatic rings. The second-order valence-electron chi connectivity index (χ2n) is 8.87. The van der Waals surface area contributed by atoms with Gasteiger partial charge >= 0.3 is 12.3 Å². The van der Waals surface area contributed by atoms with Crippen LogP contribution in [0, 0.1) is 0 Å². The van der Waals surface area contributed by atoms with Gasteiger partial charge in [-0.15, -0.1) is 0 Å². The molecule has 0 saturated carbocycles. The SMILES string of the molecule is C[C@@H](NC(=O)c1cc(CNC(=O)OC(C)(C)C)n2c1COCC2)c1cccc(C(F)(F)F)c1. The Morgan fingerprint density at radius 3 is 2.61 bits per heavy atom. The van der Waals surface area contributed by atoms with Crippen LogP contribution in [-0.2, 0) is 35.3 Å². The van der Waals surface area contributed by atoms with Gasteiger partial charge in [-0.05, 0) is 51.5 Å². The number of fused-ring (bicyclic) bond motifs is 1. The highest BCUT2D eigenvalue weighted by molar-refractivity contribution is 5.96. The average molecular weight is 467 g/mol. The molecule has 180 valence electrons. The number of rotatable bonds is 5. The number of halogens is 3. The number of benzene rings is 1. The summed E-state index contributed by atoms with van der Waals surface area (Å²) in [7, 11) is 0. The fourth-order valence-corrected chi connectivity index (χ4v) is 3.57. The molecule has 0 radical (unpaired) electrons. The van der Waals surface area contributed by atoms with Crippen molar-refractivity contribution in [3.8, 4) is 0 Å². The molecule has 1 aliphatic heterocycles. The molecule has 0 aliphatic carbocycles. The van der Waals surface area contributed by atoms with Crippen molar-refractivity contribution in [3.05, 3.63) is 58.4 Å². The maximum Gasteiger partial charge on any atom is 0.416 e. The van der Waals surface area contributed by atoms with Crippen LogP contribution < -0.4 is 10.6 Å². The molecule has 1 atom stereocenters. The molecular formula is C23H28F3N3O4. The topological polar surface area (TPSA) is 81.6 Å². The van der Waals surface area contributed by atoms with Crippen molar-refractivity contribution in [1.29, 1.82) is 0 Å². The van der Waals surface area contributed by atoms with Gasteiger partial charge in [-0.25, -0.2) is 4.79 Å². The number of carbonyl (C=O) groups excluding carboxylic acids is 2. The molecule has 0 bridgehead atoms. The molecule has 0 fully saturated rings. The lowest BCUT2D eigenvalue weighted by atomic mass is 10.0. The third-order valence-corrected chi connectivity index (χ3v) is 5.11. The lowest BCUT2D eigenvalue weighted by Crippen LogP contribution is -2.33. The zero-order chi connectivity index (χ0) is 24.4. The van der Waals surface area contributed by atoms with Crippen LogP contribution in [0.1, 0.15) is 66.6 Å². The van der Waals surface area contributed by atoms with Gasteiger partial charge in [0.05, 0.1) is 42.6 Å². The molecule has 2 aromatic rings. The molecule has 10 heteroatoms. The summed E-state index contributed by atoms with van der Waals surface area (Å²) in [5, 5.41) is 5.45. The van der Waals surface area contributed by atoms with Crippen molar-refractivity contribution in [2.24, 2.45) is 0 Å². The van der Waals surface area contributed by atoms with Crippen molar-refractivity contribution >= 4 is 12.0 Å². The highest BCUT2D eigenvalue weighted by Gasteiger charge is 2.31. The monoisotopic (exact) mass is 467 g/mol. The lowest BCUT2D eigenvalue weighted by Gasteiger charge is -2.21. The number of amides is 2. The van der Waals surface area contributed by atoms with E-state index in [0.29, 0.717) is 35.7 Å². The first-order chi connectivity index (χ1) is 15.3. The van der Waals surface area contributed by atoms with Gasteiger partial charge in [0.1, 0.15) is 5.60 Å². The van der Waals surface area contributed by atoms with Crippen molar-refractivity contribution in [2.75, 3.05) is 6.61 Å². The highest BCUT2D eigenvalue weighted by atomic mass is 19.4. The Balaban J connectivity index is 1.76. The maximum atomic E-state index is 13.0. The minimum absolute atomic E-state index is 0.151. The molecule has 3 rings (SSSR count). The van der Waals surface area contributed by atoms with E-state index in [2.05, 4.69) is 10.6 Å². The molecule has 0 spiro atoms. The first-order valence-electron chi connectivity index (χ1n) is 10.6. The van der Waals surface area contributed by atoms with E-state index in [4.69, 9.17) is 9.47 Å². The summed E-state index contributed by atoms with van der Waals surface area (Å²) in [6, 6.07) is 5.88. The van der Waals surface area contributed by atoms with Gasteiger partial charge in [-0.1, -0.05) is 12.1 Å². The van der Waals surface area contributed by atoms with Gasteiger partial charge in [0.25, 0.3) is 5.91 Å². The molecule has 1 aromatic carbocycles. The number of ether oxygens (including phenoxy) is 2. The quantitative estimate of drug-likeness (QED) is 0.676. The first kappa shape index (κ1) is 24.6. The summed E-state index contributed by atoms with van der Waals surface area (Å²) in [5.41, 5.74) is 0.642. The Hall–Kier alpha value is -3.01. The number of nitrogens with one attached hydrogen (secondary N) is 2. The van der Waals surface area contributed by atoms with E-state index in [1.54, 1.807) is 33.8 Å². The molecule has 2 N–H and O–H groups in total. The van der Waals surface area contributed by atoms with Gasteiger partial charge in [-0.2, -0.15) is 13.2 Å². The Morgan fingerprint density at radius 1 is 1.21 bits per heavy atom. The number of carbonyl (C=O) groups is 2. The number of hydrogen-bond donors (Lipinski definition) is 2. The van der Waals surface area contributed by atoms with Crippen LogP contribution in [0.2, 0.25) is 0 Å². The Morgan fingerprint density at radius 2 is 1.94 bits per heavy atom. The van der Waals surface area contributed by atoms with E-state index in [-0.39, 0.29) is 13.2 Å². The molecule has 33 heavy (non-hydrogen) atoms. The van der Waals surface area contributed by atoms with E-state index in [0.717, 1.165) is 12.1 Å². The molecule has 1 aromatic heterocycles. The molecule has 0 saturated heterocycles. The minimum atomic E-state index is -4.46. The molecule has 0 unspecified atom stereocenters. The number of hydrogen-bond acceptors (Lipinski definition) is 4. The predicted octanol–water partition coefficient (Wildman–Crippen LogP) is 4.55. The Labute approximate surface area is 190 Å². The van der Waals surface area contributed by atoms with Gasteiger partial charge < -0.3 is 24.7 Å². The number of alkyl halides is 3. The van der Waals surface area contributed by atoms with Crippen LogP contribution in [0.3, 0.4) is 0 Å². The van der Waals surface area contributed by atoms with Gasteiger partial charge in [0.2, 0.25) is 0 Å². The van der Waals surface area contributed by atoms with E-state index in [1.165, 1.54) is 12.1 Å². The summed E-state index contributed by atoms with van der Waals surface area (Å²) in [6.45, 7) is 8.24.